The largest absolute Gasteiger partial charge is 0.395 e. The summed E-state index contributed by atoms with van der Waals surface area (Å²) in [5.74, 6) is 0. The Morgan fingerprint density at radius 2 is 1.89 bits per heavy atom. The Morgan fingerprint density at radius 1 is 1.33 bits per heavy atom. The van der Waals surface area contributed by atoms with E-state index >= 15 is 0 Å². The first-order chi connectivity index (χ1) is 8.51. The highest BCUT2D eigenvalue weighted by atomic mass is 35.5. The lowest BCUT2D eigenvalue weighted by molar-refractivity contribution is 0.105. The van der Waals surface area contributed by atoms with Crippen LogP contribution in [0.15, 0.2) is 24.3 Å². The van der Waals surface area contributed by atoms with Crippen molar-refractivity contribution in [3.05, 3.63) is 34.9 Å². The predicted octanol–water partition coefficient (Wildman–Crippen LogP) is 2.43. The zero-order chi connectivity index (χ0) is 13.7. The molecule has 0 aromatic heterocycles. The van der Waals surface area contributed by atoms with E-state index in [2.05, 4.69) is 11.8 Å². The topological polar surface area (TPSA) is 49.5 Å². The van der Waals surface area contributed by atoms with E-state index in [0.29, 0.717) is 0 Å². The Bertz CT molecular complexity index is 355. The summed E-state index contributed by atoms with van der Waals surface area (Å²) in [6, 6.07) is 7.96. The van der Waals surface area contributed by atoms with E-state index in [1.807, 2.05) is 38.2 Å². The first-order valence-corrected chi connectivity index (χ1v) is 6.72. The number of nitrogens with zero attached hydrogens (tertiary/aromatic N) is 1. The van der Waals surface area contributed by atoms with E-state index in [9.17, 15) is 5.11 Å². The molecule has 0 radical (unpaired) electrons. The highest BCUT2D eigenvalue weighted by Gasteiger charge is 2.25. The maximum Gasteiger partial charge on any atom is 0.0584 e. The lowest BCUT2D eigenvalue weighted by atomic mass is 9.95. The average molecular weight is 271 g/mol. The van der Waals surface area contributed by atoms with Crippen LogP contribution in [0.1, 0.15) is 31.9 Å². The molecule has 102 valence electrons. The number of nitrogens with two attached hydrogens (primary N) is 1. The molecule has 0 saturated heterocycles. The molecule has 4 heteroatoms. The monoisotopic (exact) mass is 270 g/mol. The highest BCUT2D eigenvalue weighted by Crippen LogP contribution is 2.26. The lowest BCUT2D eigenvalue weighted by Gasteiger charge is -2.36. The van der Waals surface area contributed by atoms with Crippen LogP contribution >= 0.6 is 11.6 Å². The van der Waals surface area contributed by atoms with Crippen molar-refractivity contribution < 1.29 is 5.11 Å². The van der Waals surface area contributed by atoms with Gasteiger partial charge in [-0.05, 0) is 38.1 Å². The van der Waals surface area contributed by atoms with Gasteiger partial charge < -0.3 is 10.8 Å². The molecule has 0 spiro atoms. The number of benzene rings is 1. The van der Waals surface area contributed by atoms with Gasteiger partial charge in [0.1, 0.15) is 0 Å². The van der Waals surface area contributed by atoms with Gasteiger partial charge in [0, 0.05) is 23.1 Å². The van der Waals surface area contributed by atoms with Gasteiger partial charge in [-0.25, -0.2) is 0 Å². The Morgan fingerprint density at radius 3 is 2.33 bits per heavy atom. The predicted molar refractivity (Wildman–Crippen MR) is 76.8 cm³/mol. The van der Waals surface area contributed by atoms with Crippen molar-refractivity contribution in [1.82, 2.24) is 4.90 Å². The minimum Gasteiger partial charge on any atom is -0.395 e. The number of aliphatic hydroxyl groups excluding tert-OH is 1. The maximum absolute atomic E-state index is 9.30. The second-order valence-electron chi connectivity index (χ2n) is 4.77. The number of likely N-dealkylation sites (N-methyl/N-ethyl adjacent to an activating group) is 1. The number of halogens is 1. The van der Waals surface area contributed by atoms with Crippen molar-refractivity contribution in [2.45, 2.75) is 38.4 Å². The van der Waals surface area contributed by atoms with Gasteiger partial charge in [-0.3, -0.25) is 4.90 Å². The number of hydrogen-bond acceptors (Lipinski definition) is 3. The van der Waals surface area contributed by atoms with Crippen LogP contribution in [0.3, 0.4) is 0 Å². The minimum atomic E-state index is 0.0326. The van der Waals surface area contributed by atoms with Crippen molar-refractivity contribution in [3.8, 4) is 0 Å². The SMILES string of the molecule is CCC(N)C(c1ccc(Cl)cc1)N(C)C(C)CO. The minimum absolute atomic E-state index is 0.0326. The summed E-state index contributed by atoms with van der Waals surface area (Å²) in [4.78, 5) is 2.12. The smallest absolute Gasteiger partial charge is 0.0584 e. The fourth-order valence-corrected chi connectivity index (χ4v) is 2.20. The third kappa shape index (κ3) is 3.69. The van der Waals surface area contributed by atoms with Crippen molar-refractivity contribution in [2.75, 3.05) is 13.7 Å². The van der Waals surface area contributed by atoms with Crippen LogP contribution in [0.5, 0.6) is 0 Å². The van der Waals surface area contributed by atoms with Crippen LogP contribution in [0.4, 0.5) is 0 Å². The fourth-order valence-electron chi connectivity index (χ4n) is 2.07. The number of hydrogen-bond donors (Lipinski definition) is 2. The Kier molecular flexibility index (Phi) is 6.09. The standard InChI is InChI=1S/C14H23ClN2O/c1-4-13(16)14(17(3)10(2)9-18)11-5-7-12(15)8-6-11/h5-8,10,13-14,18H,4,9,16H2,1-3H3. The average Bonchev–Trinajstić information content (AvgIpc) is 2.39. The van der Waals surface area contributed by atoms with Gasteiger partial charge in [0.05, 0.1) is 6.61 Å². The van der Waals surface area contributed by atoms with Crippen molar-refractivity contribution >= 4 is 11.6 Å². The molecule has 1 aromatic carbocycles. The van der Waals surface area contributed by atoms with E-state index in [1.54, 1.807) is 0 Å². The molecule has 0 fully saturated rings. The second-order valence-corrected chi connectivity index (χ2v) is 5.20. The molecular formula is C14H23ClN2O. The van der Waals surface area contributed by atoms with Crippen LogP contribution in [-0.4, -0.2) is 35.7 Å². The normalized spacial score (nSPS) is 16.6. The highest BCUT2D eigenvalue weighted by molar-refractivity contribution is 6.30. The van der Waals surface area contributed by atoms with Crippen LogP contribution in [0, 0.1) is 0 Å². The summed E-state index contributed by atoms with van der Waals surface area (Å²) in [7, 11) is 2.00. The van der Waals surface area contributed by atoms with Crippen molar-refractivity contribution in [3.63, 3.8) is 0 Å². The Hall–Kier alpha value is -0.610. The second kappa shape index (κ2) is 7.10. The molecule has 0 aliphatic carbocycles. The van der Waals surface area contributed by atoms with Gasteiger partial charge in [-0.1, -0.05) is 30.7 Å². The first kappa shape index (κ1) is 15.4. The molecule has 0 aliphatic rings. The molecule has 0 bridgehead atoms. The summed E-state index contributed by atoms with van der Waals surface area (Å²) < 4.78 is 0. The Balaban J connectivity index is 3.01. The van der Waals surface area contributed by atoms with Gasteiger partial charge in [0.2, 0.25) is 0 Å². The molecule has 0 amide bonds. The van der Waals surface area contributed by atoms with E-state index in [-0.39, 0.29) is 24.7 Å². The summed E-state index contributed by atoms with van der Waals surface area (Å²) >= 11 is 5.91. The quantitative estimate of drug-likeness (QED) is 0.835. The van der Waals surface area contributed by atoms with Crippen LogP contribution in [0.2, 0.25) is 5.02 Å². The summed E-state index contributed by atoms with van der Waals surface area (Å²) in [6.07, 6.45) is 0.885. The molecule has 18 heavy (non-hydrogen) atoms. The Labute approximate surface area is 115 Å². The summed E-state index contributed by atoms with van der Waals surface area (Å²) in [6.45, 7) is 4.19. The van der Waals surface area contributed by atoms with Gasteiger partial charge in [-0.15, -0.1) is 0 Å². The molecule has 3 nitrogen and oxygen atoms in total. The van der Waals surface area contributed by atoms with Crippen LogP contribution in [0.25, 0.3) is 0 Å². The van der Waals surface area contributed by atoms with E-state index < -0.39 is 0 Å². The lowest BCUT2D eigenvalue weighted by Crippen LogP contribution is -2.44. The van der Waals surface area contributed by atoms with Crippen molar-refractivity contribution in [2.24, 2.45) is 5.73 Å². The summed E-state index contributed by atoms with van der Waals surface area (Å²) in [5.41, 5.74) is 7.36. The van der Waals surface area contributed by atoms with Gasteiger partial charge >= 0.3 is 0 Å². The molecule has 0 saturated carbocycles. The third-order valence-corrected chi connectivity index (χ3v) is 3.74. The molecular weight excluding hydrogens is 248 g/mol. The van der Waals surface area contributed by atoms with Crippen LogP contribution in [-0.2, 0) is 0 Å². The number of aliphatic hydroxyl groups is 1. The third-order valence-electron chi connectivity index (χ3n) is 3.49. The zero-order valence-electron chi connectivity index (χ0n) is 11.3. The van der Waals surface area contributed by atoms with Gasteiger partial charge in [0.25, 0.3) is 0 Å². The molecule has 1 aromatic rings. The van der Waals surface area contributed by atoms with Crippen molar-refractivity contribution in [1.29, 1.82) is 0 Å². The van der Waals surface area contributed by atoms with E-state index in [4.69, 9.17) is 17.3 Å². The molecule has 3 unspecified atom stereocenters. The number of rotatable bonds is 6. The first-order valence-electron chi connectivity index (χ1n) is 6.35. The fraction of sp³-hybridized carbons (Fsp3) is 0.571. The molecule has 3 N–H and O–H groups in total. The molecule has 3 atom stereocenters. The molecule has 0 aliphatic heterocycles. The van der Waals surface area contributed by atoms with Gasteiger partial charge in [-0.2, -0.15) is 0 Å². The molecule has 0 heterocycles. The maximum atomic E-state index is 9.30. The summed E-state index contributed by atoms with van der Waals surface area (Å²) in [5, 5.41) is 10.0. The van der Waals surface area contributed by atoms with E-state index in [1.165, 1.54) is 0 Å². The van der Waals surface area contributed by atoms with E-state index in [0.717, 1.165) is 17.0 Å². The van der Waals surface area contributed by atoms with Gasteiger partial charge in [0.15, 0.2) is 0 Å². The zero-order valence-corrected chi connectivity index (χ0v) is 12.1. The van der Waals surface area contributed by atoms with Crippen LogP contribution < -0.4 is 5.73 Å². The molecule has 1 rings (SSSR count).